The molecule has 0 N–H and O–H groups in total. The van der Waals surface area contributed by atoms with Crippen molar-refractivity contribution in [3.05, 3.63) is 194 Å². The van der Waals surface area contributed by atoms with Gasteiger partial charge in [-0.1, -0.05) is 140 Å². The third kappa shape index (κ3) is 5.79. The van der Waals surface area contributed by atoms with E-state index in [1.165, 1.54) is 0 Å². The Hall–Kier alpha value is -7.84. The van der Waals surface area contributed by atoms with Gasteiger partial charge in [0.25, 0.3) is 0 Å². The summed E-state index contributed by atoms with van der Waals surface area (Å²) in [6, 6.07) is 51.3. The summed E-state index contributed by atoms with van der Waals surface area (Å²) in [6.45, 7) is 6.16. The van der Waals surface area contributed by atoms with Gasteiger partial charge in [-0.3, -0.25) is 9.13 Å². The summed E-state index contributed by atoms with van der Waals surface area (Å²) in [5.74, 6) is 2.28. The average molecular weight is 735 g/mol. The van der Waals surface area contributed by atoms with E-state index in [9.17, 15) is 0 Å². The maximum atomic E-state index is 5.32. The van der Waals surface area contributed by atoms with Crippen molar-refractivity contribution in [1.82, 2.24) is 39.3 Å². The molecule has 57 heavy (non-hydrogen) atoms. The normalized spacial score (nSPS) is 12.2. The number of pyridine rings is 1. The highest BCUT2D eigenvalue weighted by Crippen LogP contribution is 2.39. The molecule has 5 aromatic carbocycles. The van der Waals surface area contributed by atoms with Gasteiger partial charge in [-0.05, 0) is 65.6 Å². The highest BCUT2D eigenvalue weighted by atomic mass is 15.2. The van der Waals surface area contributed by atoms with Gasteiger partial charge in [0.05, 0.1) is 11.0 Å². The highest BCUT2D eigenvalue weighted by molar-refractivity contribution is 6.20. The first-order chi connectivity index (χ1) is 28.2. The second-order valence-electron chi connectivity index (χ2n) is 13.6. The molecule has 0 saturated carbocycles. The second-order valence-corrected chi connectivity index (χ2v) is 13.6. The lowest BCUT2D eigenvalue weighted by molar-refractivity contribution is 0.930. The van der Waals surface area contributed by atoms with Gasteiger partial charge in [0.1, 0.15) is 27.9 Å². The molecular formula is C49H34N8. The van der Waals surface area contributed by atoms with Crippen molar-refractivity contribution in [3.8, 4) is 34.3 Å². The molecule has 8 nitrogen and oxygen atoms in total. The van der Waals surface area contributed by atoms with E-state index in [-0.39, 0.29) is 0 Å². The zero-order chi connectivity index (χ0) is 38.3. The maximum Gasteiger partial charge on any atom is 0.238 e. The molecule has 0 fully saturated rings. The van der Waals surface area contributed by atoms with Crippen molar-refractivity contribution in [2.24, 2.45) is 0 Å². The van der Waals surface area contributed by atoms with Crippen LogP contribution in [0, 0.1) is 0 Å². The number of fused-ring (bicyclic) bond motifs is 7. The number of aromatic nitrogens is 8. The Bertz CT molecular complexity index is 3200. The molecule has 0 saturated heterocycles. The van der Waals surface area contributed by atoms with E-state index in [0.29, 0.717) is 17.6 Å². The minimum Gasteiger partial charge on any atom is -0.290 e. The van der Waals surface area contributed by atoms with Crippen LogP contribution in [-0.4, -0.2) is 39.3 Å². The second kappa shape index (κ2) is 14.1. The number of hydrogen-bond acceptors (Lipinski definition) is 6. The first-order valence-electron chi connectivity index (χ1n) is 18.8. The molecule has 0 unspecified atom stereocenters. The number of rotatable bonds is 8. The number of hydrogen-bond donors (Lipinski definition) is 0. The lowest BCUT2D eigenvalue weighted by Gasteiger charge is -2.13. The van der Waals surface area contributed by atoms with Crippen molar-refractivity contribution >= 4 is 55.0 Å². The van der Waals surface area contributed by atoms with Crippen LogP contribution >= 0.6 is 0 Å². The van der Waals surface area contributed by atoms with Crippen LogP contribution in [0.4, 0.5) is 0 Å². The van der Waals surface area contributed by atoms with Crippen molar-refractivity contribution < 1.29 is 0 Å². The number of benzene rings is 5. The molecule has 0 aliphatic carbocycles. The molecule has 270 valence electrons. The zero-order valence-corrected chi connectivity index (χ0v) is 31.0. The topological polar surface area (TPSA) is 87.2 Å². The van der Waals surface area contributed by atoms with Crippen LogP contribution < -0.4 is 0 Å². The minimum atomic E-state index is 0.450. The molecule has 0 atom stereocenters. The molecule has 0 aliphatic heterocycles. The van der Waals surface area contributed by atoms with E-state index < -0.39 is 0 Å². The smallest absolute Gasteiger partial charge is 0.238 e. The Morgan fingerprint density at radius 1 is 0.561 bits per heavy atom. The fourth-order valence-corrected chi connectivity index (χ4v) is 7.64. The fourth-order valence-electron chi connectivity index (χ4n) is 7.64. The fraction of sp³-hybridized carbons (Fsp3) is 0.0204. The summed E-state index contributed by atoms with van der Waals surface area (Å²) < 4.78 is 4.28. The van der Waals surface area contributed by atoms with Crippen LogP contribution in [0.15, 0.2) is 183 Å². The van der Waals surface area contributed by atoms with Gasteiger partial charge >= 0.3 is 0 Å². The molecule has 10 aromatic rings. The van der Waals surface area contributed by atoms with Gasteiger partial charge in [0.15, 0.2) is 11.6 Å². The monoisotopic (exact) mass is 734 g/mol. The highest BCUT2D eigenvalue weighted by Gasteiger charge is 2.25. The quantitative estimate of drug-likeness (QED) is 0.144. The Balaban J connectivity index is 1.31. The van der Waals surface area contributed by atoms with Gasteiger partial charge in [-0.15, -0.1) is 10.2 Å². The van der Waals surface area contributed by atoms with Crippen LogP contribution in [0.2, 0.25) is 0 Å². The minimum absolute atomic E-state index is 0.450. The molecule has 0 spiro atoms. The van der Waals surface area contributed by atoms with Crippen molar-refractivity contribution in [2.75, 3.05) is 0 Å². The van der Waals surface area contributed by atoms with E-state index in [4.69, 9.17) is 30.1 Å². The summed E-state index contributed by atoms with van der Waals surface area (Å²) in [4.78, 5) is 20.7. The standard InChI is InChI=1S/C49H34N8/c1-3-32(34-18-7-5-8-19-34)30-33(4-2)47-51-48(37-23-17-22-36(31-37)35-20-9-6-10-21-35)53-49(52-47)57-41-27-14-12-25-39(41)44-46(57)45-43(54-55-44)38-24-11-13-26-40(38)56(45)42-28-15-16-29-50-42/h3-31H,1H2,2H3/b32-30+,33-4+. The lowest BCUT2D eigenvalue weighted by atomic mass is 10.0. The first-order valence-corrected chi connectivity index (χ1v) is 18.8. The van der Waals surface area contributed by atoms with E-state index in [1.807, 2.05) is 116 Å². The Labute approximate surface area is 328 Å². The van der Waals surface area contributed by atoms with Gasteiger partial charge < -0.3 is 0 Å². The molecule has 0 aliphatic rings. The number of para-hydroxylation sites is 2. The van der Waals surface area contributed by atoms with Gasteiger partial charge in [-0.2, -0.15) is 9.97 Å². The van der Waals surface area contributed by atoms with E-state index in [0.717, 1.165) is 83.1 Å². The molecule has 8 heteroatoms. The van der Waals surface area contributed by atoms with Crippen LogP contribution in [0.1, 0.15) is 18.3 Å². The van der Waals surface area contributed by atoms with Gasteiger partial charge in [0.2, 0.25) is 5.95 Å². The third-order valence-corrected chi connectivity index (χ3v) is 10.3. The Morgan fingerprint density at radius 2 is 1.18 bits per heavy atom. The van der Waals surface area contributed by atoms with Crippen molar-refractivity contribution in [1.29, 1.82) is 0 Å². The molecular weight excluding hydrogens is 701 g/mol. The van der Waals surface area contributed by atoms with E-state index >= 15 is 0 Å². The van der Waals surface area contributed by atoms with Crippen molar-refractivity contribution in [2.45, 2.75) is 6.92 Å². The van der Waals surface area contributed by atoms with E-state index in [1.54, 1.807) is 0 Å². The molecule has 5 aromatic heterocycles. The molecule has 0 bridgehead atoms. The lowest BCUT2D eigenvalue weighted by Crippen LogP contribution is -2.09. The molecule has 0 radical (unpaired) electrons. The number of nitrogens with zero attached hydrogens (tertiary/aromatic N) is 8. The number of allylic oxidation sites excluding steroid dienone is 5. The largest absolute Gasteiger partial charge is 0.290 e. The van der Waals surface area contributed by atoms with Gasteiger partial charge in [-0.25, -0.2) is 9.97 Å². The summed E-state index contributed by atoms with van der Waals surface area (Å²) in [5, 5.41) is 11.7. The third-order valence-electron chi connectivity index (χ3n) is 10.3. The predicted octanol–water partition coefficient (Wildman–Crippen LogP) is 11.3. The molecule has 0 amide bonds. The first kappa shape index (κ1) is 33.7. The van der Waals surface area contributed by atoms with E-state index in [2.05, 4.69) is 82.5 Å². The summed E-state index contributed by atoms with van der Waals surface area (Å²) in [7, 11) is 0. The Morgan fingerprint density at radius 3 is 1.86 bits per heavy atom. The van der Waals surface area contributed by atoms with Gasteiger partial charge in [0, 0.05) is 28.1 Å². The zero-order valence-electron chi connectivity index (χ0n) is 31.0. The average Bonchev–Trinajstić information content (AvgIpc) is 3.81. The Kier molecular flexibility index (Phi) is 8.34. The van der Waals surface area contributed by atoms with Crippen LogP contribution in [0.25, 0.3) is 89.3 Å². The summed E-state index contributed by atoms with van der Waals surface area (Å²) in [6.07, 6.45) is 7.79. The molecule has 5 heterocycles. The summed E-state index contributed by atoms with van der Waals surface area (Å²) in [5.41, 5.74) is 10.9. The van der Waals surface area contributed by atoms with Crippen molar-refractivity contribution in [3.63, 3.8) is 0 Å². The van der Waals surface area contributed by atoms with Crippen LogP contribution in [0.3, 0.4) is 0 Å². The summed E-state index contributed by atoms with van der Waals surface area (Å²) >= 11 is 0. The maximum absolute atomic E-state index is 5.32. The predicted molar refractivity (Wildman–Crippen MR) is 231 cm³/mol. The van der Waals surface area contributed by atoms with Crippen LogP contribution in [-0.2, 0) is 0 Å². The molecule has 10 rings (SSSR count). The van der Waals surface area contributed by atoms with Crippen LogP contribution in [0.5, 0.6) is 0 Å². The SMILES string of the molecule is C=C/C(=C\C(=C/C)c1nc(-c2cccc(-c3ccccc3)c2)nc(-n2c3ccccc3c3nnc4c5ccccc5n(-c5ccccn5)c4c32)n1)c1ccccc1.